The van der Waals surface area contributed by atoms with Crippen LogP contribution in [0.3, 0.4) is 0 Å². The van der Waals surface area contributed by atoms with Crippen LogP contribution in [0.2, 0.25) is 5.02 Å². The summed E-state index contributed by atoms with van der Waals surface area (Å²) in [7, 11) is 0. The molecule has 1 amide bonds. The third kappa shape index (κ3) is 4.27. The van der Waals surface area contributed by atoms with Crippen LogP contribution in [0, 0.1) is 28.1 Å². The van der Waals surface area contributed by atoms with Crippen LogP contribution in [0.25, 0.3) is 0 Å². The van der Waals surface area contributed by atoms with Crippen LogP contribution in [0.15, 0.2) is 48.6 Å². The molecule has 1 aromatic rings. The molecule has 5 heteroatoms. The summed E-state index contributed by atoms with van der Waals surface area (Å²) >= 11 is 6.11. The quantitative estimate of drug-likeness (QED) is 0.296. The van der Waals surface area contributed by atoms with E-state index in [2.05, 4.69) is 51.7 Å². The van der Waals surface area contributed by atoms with Gasteiger partial charge in [-0.1, -0.05) is 69.2 Å². The van der Waals surface area contributed by atoms with Crippen LogP contribution in [0.5, 0.6) is 0 Å². The normalized spacial score (nSPS) is 34.8. The lowest BCUT2D eigenvalue weighted by Gasteiger charge is -2.60. The number of allylic oxidation sites excluding steroid dienone is 3. The standard InChI is InChI=1S/C28H36ClNO3/c1-6-27(4)15-13-19-18(17-27)11-12-22-26(2,3)23(14-16-28(19,22)5)33-25(32)24(31)30-21-10-8-7-9-20(21)29/h6-10,13,18,22-23H,1,11-12,14-17H2,2-5H3,(H,30,31)/t18-,22-,23-,27+,28-/m1/s1. The third-order valence-corrected chi connectivity index (χ3v) is 9.21. The van der Waals surface area contributed by atoms with Crippen LogP contribution in [-0.4, -0.2) is 18.0 Å². The number of carbonyl (C=O) groups is 2. The highest BCUT2D eigenvalue weighted by molar-refractivity contribution is 6.39. The van der Waals surface area contributed by atoms with Crippen molar-refractivity contribution in [2.45, 2.75) is 72.3 Å². The summed E-state index contributed by atoms with van der Waals surface area (Å²) < 4.78 is 5.83. The molecule has 4 nitrogen and oxygen atoms in total. The number of nitrogens with one attached hydrogen (secondary N) is 1. The van der Waals surface area contributed by atoms with E-state index in [4.69, 9.17) is 16.3 Å². The topological polar surface area (TPSA) is 55.4 Å². The van der Waals surface area contributed by atoms with Crippen molar-refractivity contribution in [3.05, 3.63) is 53.6 Å². The molecule has 0 bridgehead atoms. The molecule has 178 valence electrons. The Bertz CT molecular complexity index is 999. The second-order valence-electron chi connectivity index (χ2n) is 11.4. The van der Waals surface area contributed by atoms with E-state index in [0.717, 1.165) is 32.1 Å². The van der Waals surface area contributed by atoms with Gasteiger partial charge in [0.15, 0.2) is 0 Å². The molecule has 3 aliphatic carbocycles. The predicted molar refractivity (Wildman–Crippen MR) is 133 cm³/mol. The minimum Gasteiger partial charge on any atom is -0.455 e. The SMILES string of the molecule is C=C[C@@]1(C)CC=C2[C@H](CC[C@@H]3C(C)(C)[C@H](OC(=O)C(=O)Nc4ccccc4Cl)CC[C@]23C)C1. The zero-order chi connectivity index (χ0) is 24.0. The molecule has 1 aromatic carbocycles. The van der Waals surface area contributed by atoms with E-state index in [1.807, 2.05) is 0 Å². The van der Waals surface area contributed by atoms with Crippen LogP contribution in [-0.2, 0) is 14.3 Å². The minimum absolute atomic E-state index is 0.109. The number of carbonyl (C=O) groups excluding carboxylic acids is 2. The Kier molecular flexibility index (Phi) is 6.28. The summed E-state index contributed by atoms with van der Waals surface area (Å²) in [6.07, 6.45) is 10.5. The molecule has 0 unspecified atom stereocenters. The average molecular weight is 470 g/mol. The number of anilines is 1. The number of fused-ring (bicyclic) bond motifs is 3. The van der Waals surface area contributed by atoms with E-state index >= 15 is 0 Å². The Morgan fingerprint density at radius 1 is 1.15 bits per heavy atom. The van der Waals surface area contributed by atoms with Crippen molar-refractivity contribution in [3.63, 3.8) is 0 Å². The van der Waals surface area contributed by atoms with Gasteiger partial charge in [-0.15, -0.1) is 6.58 Å². The van der Waals surface area contributed by atoms with Gasteiger partial charge in [0.05, 0.1) is 10.7 Å². The van der Waals surface area contributed by atoms with Gasteiger partial charge in [-0.25, -0.2) is 4.79 Å². The highest BCUT2D eigenvalue weighted by Gasteiger charge is 2.57. The van der Waals surface area contributed by atoms with Crippen molar-refractivity contribution in [2.24, 2.45) is 28.1 Å². The van der Waals surface area contributed by atoms with Gasteiger partial charge in [-0.2, -0.15) is 0 Å². The Morgan fingerprint density at radius 3 is 2.58 bits per heavy atom. The number of ether oxygens (including phenoxy) is 1. The maximum Gasteiger partial charge on any atom is 0.397 e. The molecule has 2 fully saturated rings. The first kappa shape index (κ1) is 24.1. The van der Waals surface area contributed by atoms with Gasteiger partial charge in [-0.3, -0.25) is 4.79 Å². The van der Waals surface area contributed by atoms with E-state index in [0.29, 0.717) is 22.5 Å². The van der Waals surface area contributed by atoms with E-state index in [1.165, 1.54) is 6.42 Å². The molecule has 0 spiro atoms. The summed E-state index contributed by atoms with van der Waals surface area (Å²) in [6.45, 7) is 13.2. The highest BCUT2D eigenvalue weighted by Crippen LogP contribution is 2.64. The molecule has 0 heterocycles. The van der Waals surface area contributed by atoms with Crippen molar-refractivity contribution in [2.75, 3.05) is 5.32 Å². The number of para-hydroxylation sites is 1. The first-order valence-corrected chi connectivity index (χ1v) is 12.5. The molecular weight excluding hydrogens is 434 g/mol. The van der Waals surface area contributed by atoms with E-state index in [1.54, 1.807) is 29.8 Å². The van der Waals surface area contributed by atoms with E-state index < -0.39 is 11.9 Å². The number of halogens is 1. The molecule has 4 rings (SSSR count). The smallest absolute Gasteiger partial charge is 0.397 e. The molecule has 1 N–H and O–H groups in total. The number of hydrogen-bond donors (Lipinski definition) is 1. The largest absolute Gasteiger partial charge is 0.455 e. The molecule has 2 saturated carbocycles. The maximum atomic E-state index is 12.7. The average Bonchev–Trinajstić information content (AvgIpc) is 2.77. The molecule has 0 saturated heterocycles. The fourth-order valence-electron chi connectivity index (χ4n) is 6.95. The van der Waals surface area contributed by atoms with E-state index in [9.17, 15) is 9.59 Å². The van der Waals surface area contributed by atoms with Crippen molar-refractivity contribution in [1.29, 1.82) is 0 Å². The van der Waals surface area contributed by atoms with Crippen molar-refractivity contribution < 1.29 is 14.3 Å². The number of rotatable bonds is 3. The summed E-state index contributed by atoms with van der Waals surface area (Å²) in [5.41, 5.74) is 2.09. The lowest BCUT2D eigenvalue weighted by Crippen LogP contribution is -2.55. The van der Waals surface area contributed by atoms with Crippen LogP contribution >= 0.6 is 11.6 Å². The first-order chi connectivity index (χ1) is 15.5. The number of amides is 1. The number of hydrogen-bond acceptors (Lipinski definition) is 3. The molecule has 5 atom stereocenters. The lowest BCUT2D eigenvalue weighted by atomic mass is 9.46. The zero-order valence-electron chi connectivity index (χ0n) is 20.2. The molecular formula is C28H36ClNO3. The highest BCUT2D eigenvalue weighted by atomic mass is 35.5. The first-order valence-electron chi connectivity index (χ1n) is 12.1. The van der Waals surface area contributed by atoms with Gasteiger partial charge in [0.2, 0.25) is 0 Å². The summed E-state index contributed by atoms with van der Waals surface area (Å²) in [5, 5.41) is 2.97. The minimum atomic E-state index is -0.844. The maximum absolute atomic E-state index is 12.7. The summed E-state index contributed by atoms with van der Waals surface area (Å²) in [6, 6.07) is 6.86. The Labute approximate surface area is 202 Å². The molecule has 0 aromatic heterocycles. The molecule has 3 aliphatic rings. The van der Waals surface area contributed by atoms with Gasteiger partial charge in [0, 0.05) is 5.41 Å². The number of benzene rings is 1. The van der Waals surface area contributed by atoms with Gasteiger partial charge in [0.1, 0.15) is 6.10 Å². The van der Waals surface area contributed by atoms with Crippen LogP contribution < -0.4 is 5.32 Å². The van der Waals surface area contributed by atoms with Gasteiger partial charge >= 0.3 is 11.9 Å². The van der Waals surface area contributed by atoms with Crippen molar-refractivity contribution >= 4 is 29.2 Å². The number of esters is 1. The molecule has 33 heavy (non-hydrogen) atoms. The third-order valence-electron chi connectivity index (χ3n) is 8.88. The summed E-state index contributed by atoms with van der Waals surface area (Å²) in [5.74, 6) is -0.614. The summed E-state index contributed by atoms with van der Waals surface area (Å²) in [4.78, 5) is 25.2. The van der Waals surface area contributed by atoms with Crippen LogP contribution in [0.1, 0.15) is 66.2 Å². The molecule has 0 radical (unpaired) electrons. The molecule has 0 aliphatic heterocycles. The fraction of sp³-hybridized carbons (Fsp3) is 0.571. The van der Waals surface area contributed by atoms with Gasteiger partial charge in [0.25, 0.3) is 0 Å². The second kappa shape index (κ2) is 8.61. The Balaban J connectivity index is 1.49. The Hall–Kier alpha value is -2.07. The fourth-order valence-corrected chi connectivity index (χ4v) is 7.13. The zero-order valence-corrected chi connectivity index (χ0v) is 21.0. The second-order valence-corrected chi connectivity index (χ2v) is 11.8. The van der Waals surface area contributed by atoms with Crippen molar-refractivity contribution in [3.8, 4) is 0 Å². The van der Waals surface area contributed by atoms with Gasteiger partial charge in [-0.05, 0) is 73.3 Å². The lowest BCUT2D eigenvalue weighted by molar-refractivity contribution is -0.173. The van der Waals surface area contributed by atoms with Crippen molar-refractivity contribution in [1.82, 2.24) is 0 Å². The van der Waals surface area contributed by atoms with E-state index in [-0.39, 0.29) is 22.3 Å². The monoisotopic (exact) mass is 469 g/mol. The predicted octanol–water partition coefficient (Wildman–Crippen LogP) is 6.96. The van der Waals surface area contributed by atoms with Crippen LogP contribution in [0.4, 0.5) is 5.69 Å². The Morgan fingerprint density at radius 2 is 1.88 bits per heavy atom. The van der Waals surface area contributed by atoms with Gasteiger partial charge < -0.3 is 10.1 Å².